The topological polar surface area (TPSA) is 118 Å². The van der Waals surface area contributed by atoms with Crippen molar-refractivity contribution in [1.82, 2.24) is 9.97 Å². The van der Waals surface area contributed by atoms with Gasteiger partial charge in [-0.1, -0.05) is 35.5 Å². The summed E-state index contributed by atoms with van der Waals surface area (Å²) in [4.78, 5) is 30.3. The SMILES string of the molecule is COc1ccccc1NC(=O)CSc1ncc(S(=O)(=O)c2ccc(Cl)cc2)c(=O)[nH]1. The number of amides is 1. The van der Waals surface area contributed by atoms with Crippen LogP contribution in [0.3, 0.4) is 0 Å². The lowest BCUT2D eigenvalue weighted by Gasteiger charge is -2.09. The Bertz CT molecular complexity index is 1230. The van der Waals surface area contributed by atoms with Crippen molar-refractivity contribution in [2.24, 2.45) is 0 Å². The van der Waals surface area contributed by atoms with Crippen molar-refractivity contribution in [2.45, 2.75) is 14.9 Å². The Kier molecular flexibility index (Phi) is 6.80. The van der Waals surface area contributed by atoms with E-state index in [1.54, 1.807) is 24.3 Å². The molecule has 1 amide bonds. The van der Waals surface area contributed by atoms with Gasteiger partial charge in [-0.2, -0.15) is 0 Å². The Morgan fingerprint density at radius 3 is 2.57 bits per heavy atom. The maximum atomic E-state index is 12.6. The van der Waals surface area contributed by atoms with Crippen LogP contribution < -0.4 is 15.6 Å². The number of aromatic amines is 1. The van der Waals surface area contributed by atoms with Crippen LogP contribution in [0.5, 0.6) is 5.75 Å². The molecule has 3 rings (SSSR count). The van der Waals surface area contributed by atoms with E-state index in [4.69, 9.17) is 16.3 Å². The van der Waals surface area contributed by atoms with Gasteiger partial charge in [0.2, 0.25) is 15.7 Å². The molecule has 1 heterocycles. The third-order valence-electron chi connectivity index (χ3n) is 3.88. The number of carbonyl (C=O) groups excluding carboxylic acids is 1. The molecule has 2 N–H and O–H groups in total. The zero-order chi connectivity index (χ0) is 21.7. The van der Waals surface area contributed by atoms with E-state index in [1.165, 1.54) is 31.4 Å². The fourth-order valence-corrected chi connectivity index (χ4v) is 4.43. The minimum absolute atomic E-state index is 0.0513. The number of para-hydroxylation sites is 2. The van der Waals surface area contributed by atoms with Crippen molar-refractivity contribution in [3.63, 3.8) is 0 Å². The fourth-order valence-electron chi connectivity index (χ4n) is 2.44. The summed E-state index contributed by atoms with van der Waals surface area (Å²) in [7, 11) is -2.56. The summed E-state index contributed by atoms with van der Waals surface area (Å²) in [6, 6.07) is 12.4. The average molecular weight is 466 g/mol. The third kappa shape index (κ3) is 5.02. The Morgan fingerprint density at radius 2 is 1.90 bits per heavy atom. The van der Waals surface area contributed by atoms with Gasteiger partial charge < -0.3 is 15.0 Å². The molecule has 0 aliphatic carbocycles. The fraction of sp³-hybridized carbons (Fsp3) is 0.105. The van der Waals surface area contributed by atoms with E-state index in [1.807, 2.05) is 0 Å². The van der Waals surface area contributed by atoms with Crippen LogP contribution in [-0.2, 0) is 14.6 Å². The molecule has 0 atom stereocenters. The number of sulfone groups is 1. The molecule has 0 radical (unpaired) electrons. The van der Waals surface area contributed by atoms with Gasteiger partial charge in [0.05, 0.1) is 29.6 Å². The van der Waals surface area contributed by atoms with Crippen molar-refractivity contribution >= 4 is 44.8 Å². The Morgan fingerprint density at radius 1 is 1.20 bits per heavy atom. The number of anilines is 1. The van der Waals surface area contributed by atoms with Gasteiger partial charge in [0.15, 0.2) is 10.1 Å². The molecular formula is C19H16ClN3O5S2. The number of nitrogens with one attached hydrogen (secondary N) is 2. The lowest BCUT2D eigenvalue weighted by atomic mass is 10.3. The number of thioether (sulfide) groups is 1. The summed E-state index contributed by atoms with van der Waals surface area (Å²) in [5.41, 5.74) is -0.316. The number of nitrogens with zero attached hydrogens (tertiary/aromatic N) is 1. The molecule has 3 aromatic rings. The second-order valence-corrected chi connectivity index (χ2v) is 9.19. The Hall–Kier alpha value is -2.82. The summed E-state index contributed by atoms with van der Waals surface area (Å²) < 4.78 is 30.4. The first-order valence-electron chi connectivity index (χ1n) is 8.47. The number of methoxy groups -OCH3 is 1. The zero-order valence-corrected chi connectivity index (χ0v) is 18.0. The summed E-state index contributed by atoms with van der Waals surface area (Å²) in [5, 5.41) is 3.19. The van der Waals surface area contributed by atoms with Crippen LogP contribution in [-0.4, -0.2) is 37.2 Å². The first-order valence-corrected chi connectivity index (χ1v) is 11.3. The molecule has 2 aromatic carbocycles. The number of carbonyl (C=O) groups is 1. The minimum Gasteiger partial charge on any atom is -0.495 e. The van der Waals surface area contributed by atoms with Gasteiger partial charge in [-0.25, -0.2) is 13.4 Å². The Balaban J connectivity index is 1.70. The van der Waals surface area contributed by atoms with Crippen molar-refractivity contribution in [2.75, 3.05) is 18.2 Å². The van der Waals surface area contributed by atoms with Gasteiger partial charge in [0.1, 0.15) is 5.75 Å². The molecule has 156 valence electrons. The number of benzene rings is 2. The van der Waals surface area contributed by atoms with Crippen LogP contribution in [0.15, 0.2) is 74.5 Å². The number of halogens is 1. The van der Waals surface area contributed by atoms with E-state index in [2.05, 4.69) is 15.3 Å². The first kappa shape index (κ1) is 21.9. The molecule has 30 heavy (non-hydrogen) atoms. The van der Waals surface area contributed by atoms with Crippen LogP contribution >= 0.6 is 23.4 Å². The van der Waals surface area contributed by atoms with Gasteiger partial charge in [-0.15, -0.1) is 0 Å². The van der Waals surface area contributed by atoms with Crippen LogP contribution in [0.25, 0.3) is 0 Å². The summed E-state index contributed by atoms with van der Waals surface area (Å²) in [6.07, 6.45) is 0.975. The highest BCUT2D eigenvalue weighted by molar-refractivity contribution is 7.99. The molecular weight excluding hydrogens is 450 g/mol. The highest BCUT2D eigenvalue weighted by Gasteiger charge is 2.22. The second-order valence-electron chi connectivity index (χ2n) is 5.88. The van der Waals surface area contributed by atoms with Crippen molar-refractivity contribution in [3.05, 3.63) is 70.1 Å². The van der Waals surface area contributed by atoms with E-state index in [0.29, 0.717) is 16.5 Å². The largest absolute Gasteiger partial charge is 0.495 e. The molecule has 0 aliphatic heterocycles. The number of hydrogen-bond donors (Lipinski definition) is 2. The molecule has 11 heteroatoms. The van der Waals surface area contributed by atoms with Crippen molar-refractivity contribution in [1.29, 1.82) is 0 Å². The first-order chi connectivity index (χ1) is 14.3. The average Bonchev–Trinajstić information content (AvgIpc) is 2.73. The van der Waals surface area contributed by atoms with Crippen LogP contribution in [0.2, 0.25) is 5.02 Å². The van der Waals surface area contributed by atoms with E-state index in [0.717, 1.165) is 18.0 Å². The lowest BCUT2D eigenvalue weighted by Crippen LogP contribution is -2.20. The van der Waals surface area contributed by atoms with Crippen molar-refractivity contribution in [3.8, 4) is 5.75 Å². The van der Waals surface area contributed by atoms with E-state index in [9.17, 15) is 18.0 Å². The number of H-pyrrole nitrogens is 1. The molecule has 1 aromatic heterocycles. The third-order valence-corrected chi connectivity index (χ3v) is 6.78. The van der Waals surface area contributed by atoms with E-state index < -0.39 is 20.3 Å². The lowest BCUT2D eigenvalue weighted by molar-refractivity contribution is -0.113. The number of rotatable bonds is 7. The van der Waals surface area contributed by atoms with E-state index in [-0.39, 0.29) is 21.7 Å². The second kappa shape index (κ2) is 9.33. The van der Waals surface area contributed by atoms with Gasteiger partial charge >= 0.3 is 0 Å². The summed E-state index contributed by atoms with van der Waals surface area (Å²) >= 11 is 6.73. The van der Waals surface area contributed by atoms with E-state index >= 15 is 0 Å². The normalized spacial score (nSPS) is 11.1. The van der Waals surface area contributed by atoms with Gasteiger partial charge in [-0.05, 0) is 36.4 Å². The quantitative estimate of drug-likeness (QED) is 0.406. The summed E-state index contributed by atoms with van der Waals surface area (Å²) in [5.74, 6) is 0.119. The van der Waals surface area contributed by atoms with Gasteiger partial charge in [-0.3, -0.25) is 9.59 Å². The number of aromatic nitrogens is 2. The summed E-state index contributed by atoms with van der Waals surface area (Å²) in [6.45, 7) is 0. The molecule has 0 aliphatic rings. The van der Waals surface area contributed by atoms with Crippen molar-refractivity contribution < 1.29 is 17.9 Å². The van der Waals surface area contributed by atoms with Crippen LogP contribution in [0.4, 0.5) is 5.69 Å². The molecule has 0 fully saturated rings. The molecule has 0 spiro atoms. The monoisotopic (exact) mass is 465 g/mol. The maximum Gasteiger partial charge on any atom is 0.270 e. The highest BCUT2D eigenvalue weighted by Crippen LogP contribution is 2.24. The van der Waals surface area contributed by atoms with Gasteiger partial charge in [0, 0.05) is 5.02 Å². The molecule has 8 nitrogen and oxygen atoms in total. The standard InChI is InChI=1S/C19H16ClN3O5S2/c1-28-15-5-3-2-4-14(15)22-17(24)11-29-19-21-10-16(18(25)23-19)30(26,27)13-8-6-12(20)7-9-13/h2-10H,11H2,1H3,(H,22,24)(H,21,23,25). The smallest absolute Gasteiger partial charge is 0.270 e. The molecule has 0 saturated carbocycles. The maximum absolute atomic E-state index is 12.6. The molecule has 0 unspecified atom stereocenters. The van der Waals surface area contributed by atoms with Crippen LogP contribution in [0, 0.1) is 0 Å². The minimum atomic E-state index is -4.05. The zero-order valence-electron chi connectivity index (χ0n) is 15.6. The molecule has 0 bridgehead atoms. The molecule has 0 saturated heterocycles. The van der Waals surface area contributed by atoms with Crippen LogP contribution in [0.1, 0.15) is 0 Å². The predicted octanol–water partition coefficient (Wildman–Crippen LogP) is 3.00. The number of ether oxygens (including phenoxy) is 1. The predicted molar refractivity (Wildman–Crippen MR) is 114 cm³/mol. The number of hydrogen-bond acceptors (Lipinski definition) is 7. The Labute approximate surface area is 181 Å². The highest BCUT2D eigenvalue weighted by atomic mass is 35.5. The van der Waals surface area contributed by atoms with Gasteiger partial charge in [0.25, 0.3) is 5.56 Å².